The van der Waals surface area contributed by atoms with Crippen molar-refractivity contribution in [3.05, 3.63) is 41.6 Å². The van der Waals surface area contributed by atoms with Crippen LogP contribution in [0.4, 0.5) is 24.8 Å². The molecule has 0 spiro atoms. The van der Waals surface area contributed by atoms with Gasteiger partial charge in [-0.15, -0.1) is 0 Å². The van der Waals surface area contributed by atoms with Gasteiger partial charge in [-0.1, -0.05) is 51.8 Å². The average Bonchev–Trinajstić information content (AvgIpc) is 2.63. The number of halogens is 3. The summed E-state index contributed by atoms with van der Waals surface area (Å²) in [4.78, 5) is 9.72. The second-order valence-corrected chi connectivity index (χ2v) is 6.71. The van der Waals surface area contributed by atoms with Gasteiger partial charge in [0.1, 0.15) is 5.56 Å². The molecule has 0 saturated carbocycles. The van der Waals surface area contributed by atoms with E-state index >= 15 is 0 Å². The molecule has 0 bridgehead atoms. The van der Waals surface area contributed by atoms with Gasteiger partial charge in [-0.25, -0.2) is 4.98 Å². The Labute approximate surface area is 158 Å². The number of alkyl halides is 3. The van der Waals surface area contributed by atoms with Crippen molar-refractivity contribution >= 4 is 11.6 Å². The van der Waals surface area contributed by atoms with Crippen molar-refractivity contribution in [1.82, 2.24) is 9.97 Å². The molecule has 0 amide bonds. The number of aromatic nitrogens is 2. The highest BCUT2D eigenvalue weighted by atomic mass is 19.4. The van der Waals surface area contributed by atoms with Gasteiger partial charge in [0.05, 0.1) is 6.61 Å². The Hall–Kier alpha value is -2.31. The van der Waals surface area contributed by atoms with Crippen molar-refractivity contribution in [2.24, 2.45) is 0 Å². The first-order valence-corrected chi connectivity index (χ1v) is 9.15. The summed E-state index contributed by atoms with van der Waals surface area (Å²) in [6.07, 6.45) is -1.24. The van der Waals surface area contributed by atoms with Gasteiger partial charge in [-0.05, 0) is 24.0 Å². The third kappa shape index (κ3) is 5.34. The molecule has 0 N–H and O–H groups in total. The summed E-state index contributed by atoms with van der Waals surface area (Å²) >= 11 is 0. The molecule has 0 aliphatic rings. The van der Waals surface area contributed by atoms with Crippen LogP contribution in [0.2, 0.25) is 0 Å². The largest absolute Gasteiger partial charge is 0.477 e. The number of hydrogen-bond acceptors (Lipinski definition) is 4. The average molecular weight is 381 g/mol. The SMILES string of the molecule is CCCCCOc1nc(N(C)c2ccccc2C(C)C)ncc1C(F)(F)F. The van der Waals surface area contributed by atoms with Crippen molar-refractivity contribution in [3.8, 4) is 5.88 Å². The Morgan fingerprint density at radius 1 is 1.15 bits per heavy atom. The molecule has 0 aliphatic heterocycles. The van der Waals surface area contributed by atoms with Gasteiger partial charge in [0, 0.05) is 18.9 Å². The minimum absolute atomic E-state index is 0.168. The van der Waals surface area contributed by atoms with Crippen molar-refractivity contribution in [3.63, 3.8) is 0 Å². The minimum Gasteiger partial charge on any atom is -0.477 e. The lowest BCUT2D eigenvalue weighted by molar-refractivity contribution is -0.139. The molecule has 27 heavy (non-hydrogen) atoms. The van der Waals surface area contributed by atoms with E-state index in [-0.39, 0.29) is 18.5 Å². The molecule has 4 nitrogen and oxygen atoms in total. The molecular weight excluding hydrogens is 355 g/mol. The van der Waals surface area contributed by atoms with Crippen LogP contribution in [0.3, 0.4) is 0 Å². The molecule has 0 atom stereocenters. The first-order valence-electron chi connectivity index (χ1n) is 9.15. The molecule has 1 heterocycles. The van der Waals surface area contributed by atoms with Gasteiger partial charge in [0.2, 0.25) is 11.8 Å². The monoisotopic (exact) mass is 381 g/mol. The van der Waals surface area contributed by atoms with Crippen LogP contribution in [0.1, 0.15) is 57.1 Å². The number of unbranched alkanes of at least 4 members (excludes halogenated alkanes) is 2. The molecule has 0 saturated heterocycles. The summed E-state index contributed by atoms with van der Waals surface area (Å²) in [5, 5.41) is 0. The van der Waals surface area contributed by atoms with Gasteiger partial charge in [0.15, 0.2) is 0 Å². The van der Waals surface area contributed by atoms with Crippen LogP contribution in [0.5, 0.6) is 5.88 Å². The Morgan fingerprint density at radius 2 is 1.85 bits per heavy atom. The predicted octanol–water partition coefficient (Wildman–Crippen LogP) is 5.96. The molecule has 2 rings (SSSR count). The lowest BCUT2D eigenvalue weighted by Crippen LogP contribution is -2.18. The van der Waals surface area contributed by atoms with E-state index in [0.717, 1.165) is 30.3 Å². The Kier molecular flexibility index (Phi) is 7.05. The van der Waals surface area contributed by atoms with E-state index in [4.69, 9.17) is 4.74 Å². The summed E-state index contributed by atoms with van der Waals surface area (Å²) in [5.41, 5.74) is 0.964. The smallest absolute Gasteiger partial charge is 0.423 e. The van der Waals surface area contributed by atoms with E-state index in [9.17, 15) is 13.2 Å². The number of benzene rings is 1. The molecule has 2 aromatic rings. The number of para-hydroxylation sites is 1. The first kappa shape index (κ1) is 21.0. The minimum atomic E-state index is -4.56. The number of nitrogens with zero attached hydrogens (tertiary/aromatic N) is 3. The molecule has 7 heteroatoms. The van der Waals surface area contributed by atoms with Gasteiger partial charge >= 0.3 is 6.18 Å². The zero-order valence-electron chi connectivity index (χ0n) is 16.2. The standard InChI is InChI=1S/C20H26F3N3O/c1-5-6-9-12-27-18-16(20(21,22)23)13-24-19(25-18)26(4)17-11-8-7-10-15(17)14(2)3/h7-8,10-11,13-14H,5-6,9,12H2,1-4H3. The second kappa shape index (κ2) is 9.06. The number of ether oxygens (including phenoxy) is 1. The lowest BCUT2D eigenvalue weighted by atomic mass is 10.0. The molecular formula is C20H26F3N3O. The van der Waals surface area contributed by atoms with Crippen molar-refractivity contribution in [2.45, 2.75) is 52.1 Å². The number of anilines is 2. The molecule has 1 aromatic carbocycles. The molecule has 0 aliphatic carbocycles. The second-order valence-electron chi connectivity index (χ2n) is 6.71. The van der Waals surface area contributed by atoms with Gasteiger partial charge < -0.3 is 9.64 Å². The number of hydrogen-bond donors (Lipinski definition) is 0. The van der Waals surface area contributed by atoms with E-state index < -0.39 is 17.6 Å². The maximum absolute atomic E-state index is 13.3. The molecule has 0 unspecified atom stereocenters. The fourth-order valence-corrected chi connectivity index (χ4v) is 2.73. The Bertz CT molecular complexity index is 747. The zero-order chi connectivity index (χ0) is 20.0. The predicted molar refractivity (Wildman–Crippen MR) is 101 cm³/mol. The van der Waals surface area contributed by atoms with Crippen molar-refractivity contribution in [1.29, 1.82) is 0 Å². The summed E-state index contributed by atoms with van der Waals surface area (Å²) in [5.74, 6) is 0.00179. The van der Waals surface area contributed by atoms with Crippen LogP contribution in [0, 0.1) is 0 Å². The first-order chi connectivity index (χ1) is 12.8. The van der Waals surface area contributed by atoms with Crippen molar-refractivity contribution < 1.29 is 17.9 Å². The lowest BCUT2D eigenvalue weighted by Gasteiger charge is -2.23. The Morgan fingerprint density at radius 3 is 2.48 bits per heavy atom. The summed E-state index contributed by atoms with van der Waals surface area (Å²) in [6.45, 7) is 6.33. The highest BCUT2D eigenvalue weighted by Gasteiger charge is 2.36. The van der Waals surface area contributed by atoms with E-state index in [0.29, 0.717) is 6.42 Å². The maximum atomic E-state index is 13.3. The van der Waals surface area contributed by atoms with Gasteiger partial charge in [-0.2, -0.15) is 18.2 Å². The van der Waals surface area contributed by atoms with E-state index in [1.807, 2.05) is 31.2 Å². The zero-order valence-corrected chi connectivity index (χ0v) is 16.2. The molecule has 1 aromatic heterocycles. The van der Waals surface area contributed by atoms with E-state index in [1.165, 1.54) is 0 Å². The quantitative estimate of drug-likeness (QED) is 0.529. The Balaban J connectivity index is 2.37. The molecule has 148 valence electrons. The normalized spacial score (nSPS) is 11.7. The van der Waals surface area contributed by atoms with Crippen molar-refractivity contribution in [2.75, 3.05) is 18.6 Å². The van der Waals surface area contributed by atoms with Gasteiger partial charge in [0.25, 0.3) is 0 Å². The third-order valence-electron chi connectivity index (χ3n) is 4.25. The molecule has 0 fully saturated rings. The maximum Gasteiger partial charge on any atom is 0.423 e. The van der Waals surface area contributed by atoms with E-state index in [1.54, 1.807) is 11.9 Å². The van der Waals surface area contributed by atoms with Crippen LogP contribution in [-0.4, -0.2) is 23.6 Å². The fourth-order valence-electron chi connectivity index (χ4n) is 2.73. The fraction of sp³-hybridized carbons (Fsp3) is 0.500. The van der Waals surface area contributed by atoms with Crippen LogP contribution >= 0.6 is 0 Å². The summed E-state index contributed by atoms with van der Waals surface area (Å²) < 4.78 is 45.2. The molecule has 0 radical (unpaired) electrons. The van der Waals surface area contributed by atoms with Crippen LogP contribution in [0.25, 0.3) is 0 Å². The highest BCUT2D eigenvalue weighted by molar-refractivity contribution is 5.62. The number of rotatable bonds is 8. The topological polar surface area (TPSA) is 38.2 Å². The van der Waals surface area contributed by atoms with Crippen LogP contribution < -0.4 is 9.64 Å². The summed E-state index contributed by atoms with van der Waals surface area (Å²) in [7, 11) is 1.74. The van der Waals surface area contributed by atoms with Crippen LogP contribution in [0.15, 0.2) is 30.5 Å². The third-order valence-corrected chi connectivity index (χ3v) is 4.25. The van der Waals surface area contributed by atoms with E-state index in [2.05, 4.69) is 23.8 Å². The highest BCUT2D eigenvalue weighted by Crippen LogP contribution is 2.37. The summed E-state index contributed by atoms with van der Waals surface area (Å²) in [6, 6.07) is 7.70. The van der Waals surface area contributed by atoms with Gasteiger partial charge in [-0.3, -0.25) is 0 Å². The van der Waals surface area contributed by atoms with Crippen LogP contribution in [-0.2, 0) is 6.18 Å².